The third-order valence-corrected chi connectivity index (χ3v) is 5.17. The molecule has 4 rings (SSSR count). The van der Waals surface area contributed by atoms with Gasteiger partial charge in [0, 0.05) is 30.0 Å². The first-order valence-corrected chi connectivity index (χ1v) is 10.2. The van der Waals surface area contributed by atoms with Crippen molar-refractivity contribution in [3.63, 3.8) is 0 Å². The maximum atomic E-state index is 12.5. The van der Waals surface area contributed by atoms with Crippen molar-refractivity contribution in [3.8, 4) is 11.1 Å². The number of amides is 2. The first-order chi connectivity index (χ1) is 14.7. The van der Waals surface area contributed by atoms with E-state index >= 15 is 0 Å². The van der Waals surface area contributed by atoms with E-state index in [1.807, 2.05) is 54.6 Å². The van der Waals surface area contributed by atoms with Crippen LogP contribution in [0.5, 0.6) is 0 Å². The summed E-state index contributed by atoms with van der Waals surface area (Å²) in [6, 6.07) is 24.4. The molecule has 1 fully saturated rings. The fourth-order valence-electron chi connectivity index (χ4n) is 3.47. The van der Waals surface area contributed by atoms with Crippen molar-refractivity contribution in [2.45, 2.75) is 18.9 Å². The number of carbonyl (C=O) groups excluding carboxylic acids is 2. The van der Waals surface area contributed by atoms with Gasteiger partial charge in [-0.05, 0) is 60.4 Å². The van der Waals surface area contributed by atoms with E-state index in [-0.39, 0.29) is 17.9 Å². The second-order valence-electron chi connectivity index (χ2n) is 7.32. The molecule has 3 aromatic carbocycles. The number of ether oxygens (including phenoxy) is 1. The van der Waals surface area contributed by atoms with Crippen LogP contribution in [-0.4, -0.2) is 31.1 Å². The Bertz CT molecular complexity index is 993. The van der Waals surface area contributed by atoms with Crippen LogP contribution in [0, 0.1) is 0 Å². The Balaban J connectivity index is 1.33. The summed E-state index contributed by atoms with van der Waals surface area (Å²) in [6.45, 7) is 1.29. The molecule has 1 heterocycles. The molecule has 1 saturated heterocycles. The van der Waals surface area contributed by atoms with Crippen molar-refractivity contribution >= 4 is 17.5 Å². The van der Waals surface area contributed by atoms with Gasteiger partial charge in [0.25, 0.3) is 11.8 Å². The lowest BCUT2D eigenvalue weighted by molar-refractivity contribution is 0.0857. The van der Waals surface area contributed by atoms with Crippen molar-refractivity contribution in [3.05, 3.63) is 90.0 Å². The predicted molar refractivity (Wildman–Crippen MR) is 118 cm³/mol. The van der Waals surface area contributed by atoms with Crippen LogP contribution in [0.25, 0.3) is 11.1 Å². The highest BCUT2D eigenvalue weighted by molar-refractivity contribution is 6.04. The molecule has 0 aromatic heterocycles. The van der Waals surface area contributed by atoms with Crippen LogP contribution >= 0.6 is 0 Å². The number of rotatable bonds is 6. The van der Waals surface area contributed by atoms with E-state index in [0.717, 1.165) is 30.6 Å². The van der Waals surface area contributed by atoms with Gasteiger partial charge in [0.2, 0.25) is 0 Å². The van der Waals surface area contributed by atoms with Gasteiger partial charge in [-0.25, -0.2) is 0 Å². The second-order valence-corrected chi connectivity index (χ2v) is 7.32. The fourth-order valence-corrected chi connectivity index (χ4v) is 3.47. The molecule has 0 radical (unpaired) electrons. The largest absolute Gasteiger partial charge is 0.376 e. The smallest absolute Gasteiger partial charge is 0.255 e. The normalized spacial score (nSPS) is 15.5. The zero-order valence-electron chi connectivity index (χ0n) is 16.6. The SMILES string of the molecule is O=C(NCC1CCCO1)c1ccc(NC(=O)c2ccc(-c3ccccc3)cc2)cc1. The Morgan fingerprint density at radius 1 is 0.800 bits per heavy atom. The highest BCUT2D eigenvalue weighted by Crippen LogP contribution is 2.20. The van der Waals surface area contributed by atoms with E-state index in [2.05, 4.69) is 10.6 Å². The number of benzene rings is 3. The topological polar surface area (TPSA) is 67.4 Å². The number of carbonyl (C=O) groups is 2. The highest BCUT2D eigenvalue weighted by atomic mass is 16.5. The summed E-state index contributed by atoms with van der Waals surface area (Å²) in [5, 5.41) is 5.76. The molecule has 1 aliphatic heterocycles. The zero-order chi connectivity index (χ0) is 20.8. The van der Waals surface area contributed by atoms with Crippen LogP contribution in [0.4, 0.5) is 5.69 Å². The lowest BCUT2D eigenvalue weighted by Crippen LogP contribution is -2.31. The lowest BCUT2D eigenvalue weighted by atomic mass is 10.0. The van der Waals surface area contributed by atoms with Crippen molar-refractivity contribution in [1.29, 1.82) is 0 Å². The molecular formula is C25H24N2O3. The highest BCUT2D eigenvalue weighted by Gasteiger charge is 2.16. The first kappa shape index (κ1) is 19.9. The van der Waals surface area contributed by atoms with E-state index < -0.39 is 0 Å². The molecule has 2 amide bonds. The van der Waals surface area contributed by atoms with Gasteiger partial charge in [-0.15, -0.1) is 0 Å². The molecule has 3 aromatic rings. The van der Waals surface area contributed by atoms with Gasteiger partial charge in [-0.3, -0.25) is 9.59 Å². The Kier molecular flexibility index (Phi) is 6.20. The number of anilines is 1. The zero-order valence-corrected chi connectivity index (χ0v) is 16.6. The average Bonchev–Trinajstić information content (AvgIpc) is 3.32. The van der Waals surface area contributed by atoms with Crippen LogP contribution in [-0.2, 0) is 4.74 Å². The van der Waals surface area contributed by atoms with Gasteiger partial charge in [0.05, 0.1) is 6.10 Å². The summed E-state index contributed by atoms with van der Waals surface area (Å²) in [5.74, 6) is -0.329. The Hall–Kier alpha value is -3.44. The third kappa shape index (κ3) is 4.93. The fraction of sp³-hybridized carbons (Fsp3) is 0.200. The minimum atomic E-state index is -0.190. The maximum Gasteiger partial charge on any atom is 0.255 e. The van der Waals surface area contributed by atoms with Gasteiger partial charge >= 0.3 is 0 Å². The van der Waals surface area contributed by atoms with Crippen LogP contribution in [0.2, 0.25) is 0 Å². The molecule has 1 atom stereocenters. The van der Waals surface area contributed by atoms with Crippen LogP contribution in [0.3, 0.4) is 0 Å². The van der Waals surface area contributed by atoms with Gasteiger partial charge in [0.1, 0.15) is 0 Å². The molecule has 0 saturated carbocycles. The maximum absolute atomic E-state index is 12.5. The molecule has 1 unspecified atom stereocenters. The quantitative estimate of drug-likeness (QED) is 0.640. The van der Waals surface area contributed by atoms with E-state index in [1.54, 1.807) is 24.3 Å². The molecule has 5 nitrogen and oxygen atoms in total. The van der Waals surface area contributed by atoms with Crippen LogP contribution in [0.1, 0.15) is 33.6 Å². The lowest BCUT2D eigenvalue weighted by Gasteiger charge is -2.11. The summed E-state index contributed by atoms with van der Waals surface area (Å²) < 4.78 is 5.51. The van der Waals surface area contributed by atoms with E-state index in [1.165, 1.54) is 0 Å². The van der Waals surface area contributed by atoms with Crippen LogP contribution in [0.15, 0.2) is 78.9 Å². The molecule has 0 aliphatic carbocycles. The summed E-state index contributed by atoms with van der Waals surface area (Å²) in [4.78, 5) is 24.8. The van der Waals surface area contributed by atoms with Crippen molar-refractivity contribution < 1.29 is 14.3 Å². The minimum absolute atomic E-state index is 0.112. The van der Waals surface area contributed by atoms with Gasteiger partial charge in [-0.2, -0.15) is 0 Å². The summed E-state index contributed by atoms with van der Waals surface area (Å²) in [5.41, 5.74) is 3.94. The molecule has 5 heteroatoms. The van der Waals surface area contributed by atoms with Gasteiger partial charge in [-0.1, -0.05) is 42.5 Å². The summed E-state index contributed by atoms with van der Waals surface area (Å²) in [6.07, 6.45) is 2.14. The third-order valence-electron chi connectivity index (χ3n) is 5.17. The predicted octanol–water partition coefficient (Wildman–Crippen LogP) is 4.51. The van der Waals surface area contributed by atoms with Gasteiger partial charge in [0.15, 0.2) is 0 Å². The number of nitrogens with one attached hydrogen (secondary N) is 2. The molecule has 30 heavy (non-hydrogen) atoms. The number of hydrogen-bond donors (Lipinski definition) is 2. The van der Waals surface area contributed by atoms with Crippen molar-refractivity contribution in [2.75, 3.05) is 18.5 Å². The van der Waals surface area contributed by atoms with E-state index in [0.29, 0.717) is 23.4 Å². The Morgan fingerprint density at radius 3 is 2.10 bits per heavy atom. The van der Waals surface area contributed by atoms with E-state index in [4.69, 9.17) is 4.74 Å². The standard InChI is InChI=1S/C25H24N2O3/c28-24(26-17-23-7-4-16-30-23)20-12-14-22(15-13-20)27-25(29)21-10-8-19(9-11-21)18-5-2-1-3-6-18/h1-3,5-6,8-15,23H,4,7,16-17H2,(H,26,28)(H,27,29). The van der Waals surface area contributed by atoms with Crippen molar-refractivity contribution in [1.82, 2.24) is 5.32 Å². The van der Waals surface area contributed by atoms with Crippen LogP contribution < -0.4 is 10.6 Å². The molecule has 152 valence electrons. The monoisotopic (exact) mass is 400 g/mol. The second kappa shape index (κ2) is 9.37. The summed E-state index contributed by atoms with van der Waals surface area (Å²) >= 11 is 0. The molecule has 0 bridgehead atoms. The number of hydrogen-bond acceptors (Lipinski definition) is 3. The molecular weight excluding hydrogens is 376 g/mol. The molecule has 2 N–H and O–H groups in total. The average molecular weight is 400 g/mol. The van der Waals surface area contributed by atoms with E-state index in [9.17, 15) is 9.59 Å². The summed E-state index contributed by atoms with van der Waals surface area (Å²) in [7, 11) is 0. The van der Waals surface area contributed by atoms with Gasteiger partial charge < -0.3 is 15.4 Å². The first-order valence-electron chi connectivity index (χ1n) is 10.2. The Morgan fingerprint density at radius 2 is 1.43 bits per heavy atom. The van der Waals surface area contributed by atoms with Crippen molar-refractivity contribution in [2.24, 2.45) is 0 Å². The molecule has 0 spiro atoms. The Labute approximate surface area is 176 Å². The molecule has 1 aliphatic rings. The minimum Gasteiger partial charge on any atom is -0.376 e.